The van der Waals surface area contributed by atoms with Crippen LogP contribution in [0, 0.1) is 5.82 Å². The quantitative estimate of drug-likeness (QED) is 0.502. The number of rotatable bonds is 7. The predicted molar refractivity (Wildman–Crippen MR) is 119 cm³/mol. The van der Waals surface area contributed by atoms with E-state index in [1.165, 1.54) is 12.1 Å². The Morgan fingerprint density at radius 2 is 1.66 bits per heavy atom. The molecule has 0 bridgehead atoms. The third kappa shape index (κ3) is 4.60. The van der Waals surface area contributed by atoms with E-state index in [4.69, 9.17) is 16.3 Å². The number of benzene rings is 3. The van der Waals surface area contributed by atoms with Crippen molar-refractivity contribution in [2.75, 3.05) is 6.61 Å². The summed E-state index contributed by atoms with van der Waals surface area (Å²) in [5.41, 5.74) is 4.95. The fourth-order valence-electron chi connectivity index (χ4n) is 4.05. The first-order valence-electron chi connectivity index (χ1n) is 10.2. The molecule has 0 saturated carbocycles. The number of ether oxygens (including phenoxy) is 1. The predicted octanol–water partition coefficient (Wildman–Crippen LogP) is 5.40. The molecule has 0 aromatic heterocycles. The van der Waals surface area contributed by atoms with Gasteiger partial charge in [0.2, 0.25) is 0 Å². The van der Waals surface area contributed by atoms with Gasteiger partial charge in [0.15, 0.2) is 0 Å². The van der Waals surface area contributed by atoms with E-state index in [2.05, 4.69) is 5.32 Å². The van der Waals surface area contributed by atoms with Gasteiger partial charge >= 0.3 is 12.1 Å². The van der Waals surface area contributed by atoms with Crippen LogP contribution in [0.5, 0.6) is 0 Å². The van der Waals surface area contributed by atoms with E-state index in [0.717, 1.165) is 22.3 Å². The van der Waals surface area contributed by atoms with Crippen LogP contribution < -0.4 is 5.32 Å². The molecule has 32 heavy (non-hydrogen) atoms. The van der Waals surface area contributed by atoms with Crippen LogP contribution in [-0.2, 0) is 16.0 Å². The van der Waals surface area contributed by atoms with Crippen LogP contribution in [0.25, 0.3) is 11.1 Å². The Hall–Kier alpha value is -3.38. The van der Waals surface area contributed by atoms with E-state index in [9.17, 15) is 19.1 Å². The summed E-state index contributed by atoms with van der Waals surface area (Å²) in [6.07, 6.45) is -0.462. The lowest BCUT2D eigenvalue weighted by Crippen LogP contribution is -2.41. The topological polar surface area (TPSA) is 75.6 Å². The molecule has 1 atom stereocenters. The van der Waals surface area contributed by atoms with Crippen molar-refractivity contribution in [1.29, 1.82) is 0 Å². The second-order valence-corrected chi connectivity index (χ2v) is 8.06. The number of nitrogens with one attached hydrogen (secondary N) is 1. The van der Waals surface area contributed by atoms with Gasteiger partial charge in [-0.25, -0.2) is 14.0 Å². The summed E-state index contributed by atoms with van der Waals surface area (Å²) >= 11 is 5.67. The second-order valence-electron chi connectivity index (χ2n) is 7.65. The Labute approximate surface area is 189 Å². The number of carbonyl (C=O) groups excluding carboxylic acids is 1. The highest BCUT2D eigenvalue weighted by molar-refractivity contribution is 6.30. The average Bonchev–Trinajstić information content (AvgIpc) is 3.11. The molecule has 4 rings (SSSR count). The normalized spacial score (nSPS) is 13.2. The maximum Gasteiger partial charge on any atom is 0.407 e. The van der Waals surface area contributed by atoms with Crippen LogP contribution in [0.15, 0.2) is 66.7 Å². The minimum Gasteiger partial charge on any atom is -0.480 e. The van der Waals surface area contributed by atoms with Gasteiger partial charge in [-0.15, -0.1) is 0 Å². The maximum absolute atomic E-state index is 13.6. The molecule has 0 fully saturated rings. The Bertz CT molecular complexity index is 1120. The van der Waals surface area contributed by atoms with Crippen molar-refractivity contribution in [1.82, 2.24) is 5.32 Å². The summed E-state index contributed by atoms with van der Waals surface area (Å²) in [7, 11) is 0. The van der Waals surface area contributed by atoms with Gasteiger partial charge in [-0.05, 0) is 52.8 Å². The summed E-state index contributed by atoms with van der Waals surface area (Å²) in [4.78, 5) is 24.0. The second kappa shape index (κ2) is 9.40. The number of aryl methyl sites for hydroxylation is 1. The Morgan fingerprint density at radius 3 is 2.25 bits per heavy atom. The lowest BCUT2D eigenvalue weighted by Gasteiger charge is -2.17. The van der Waals surface area contributed by atoms with Crippen LogP contribution in [0.3, 0.4) is 0 Å². The van der Waals surface area contributed by atoms with Gasteiger partial charge in [-0.3, -0.25) is 0 Å². The summed E-state index contributed by atoms with van der Waals surface area (Å²) in [6, 6.07) is 19.0. The lowest BCUT2D eigenvalue weighted by atomic mass is 9.98. The van der Waals surface area contributed by atoms with Crippen LogP contribution in [0.4, 0.5) is 9.18 Å². The van der Waals surface area contributed by atoms with Crippen molar-refractivity contribution in [2.45, 2.75) is 24.8 Å². The molecule has 0 heterocycles. The van der Waals surface area contributed by atoms with Gasteiger partial charge in [-0.2, -0.15) is 0 Å². The molecular formula is C25H21ClFNO4. The number of aliphatic carboxylic acids is 1. The van der Waals surface area contributed by atoms with Gasteiger partial charge in [-0.1, -0.05) is 66.2 Å². The number of fused-ring (bicyclic) bond motifs is 3. The highest BCUT2D eigenvalue weighted by Crippen LogP contribution is 2.44. The minimum absolute atomic E-state index is 0.000275. The highest BCUT2D eigenvalue weighted by atomic mass is 35.5. The minimum atomic E-state index is -1.19. The molecule has 0 spiro atoms. The molecule has 3 aromatic carbocycles. The first kappa shape index (κ1) is 21.8. The molecule has 1 amide bonds. The van der Waals surface area contributed by atoms with Crippen LogP contribution in [0.2, 0.25) is 5.02 Å². The molecule has 0 aliphatic heterocycles. The van der Waals surface area contributed by atoms with Gasteiger partial charge in [0.05, 0.1) is 5.02 Å². The summed E-state index contributed by atoms with van der Waals surface area (Å²) < 4.78 is 19.0. The van der Waals surface area contributed by atoms with Crippen LogP contribution >= 0.6 is 11.6 Å². The van der Waals surface area contributed by atoms with Crippen molar-refractivity contribution in [3.8, 4) is 11.1 Å². The van der Waals surface area contributed by atoms with Crippen LogP contribution in [-0.4, -0.2) is 29.8 Å². The number of amides is 1. The van der Waals surface area contributed by atoms with Crippen LogP contribution in [0.1, 0.15) is 29.0 Å². The van der Waals surface area contributed by atoms with E-state index < -0.39 is 23.9 Å². The highest BCUT2D eigenvalue weighted by Gasteiger charge is 2.29. The SMILES string of the molecule is O=C(N[C@@H](CCc1ccc(Cl)c(F)c1)C(=O)O)OCC1c2ccccc2-c2ccccc21. The van der Waals surface area contributed by atoms with Crippen molar-refractivity contribution in [2.24, 2.45) is 0 Å². The molecule has 0 unspecified atom stereocenters. The molecule has 5 nitrogen and oxygen atoms in total. The first-order chi connectivity index (χ1) is 15.4. The molecule has 3 aromatic rings. The third-order valence-electron chi connectivity index (χ3n) is 5.64. The summed E-state index contributed by atoms with van der Waals surface area (Å²) in [6.45, 7) is 0.0919. The fourth-order valence-corrected chi connectivity index (χ4v) is 4.16. The smallest absolute Gasteiger partial charge is 0.407 e. The van der Waals surface area contributed by atoms with E-state index >= 15 is 0 Å². The van der Waals surface area contributed by atoms with Crippen molar-refractivity contribution >= 4 is 23.7 Å². The number of carbonyl (C=O) groups is 2. The molecule has 1 aliphatic carbocycles. The molecule has 2 N–H and O–H groups in total. The third-order valence-corrected chi connectivity index (χ3v) is 5.95. The number of alkyl carbamates (subject to hydrolysis) is 1. The largest absolute Gasteiger partial charge is 0.480 e. The number of hydrogen-bond acceptors (Lipinski definition) is 3. The van der Waals surface area contributed by atoms with Gasteiger partial charge in [0.25, 0.3) is 0 Å². The van der Waals surface area contributed by atoms with Gasteiger partial charge < -0.3 is 15.2 Å². The lowest BCUT2D eigenvalue weighted by molar-refractivity contribution is -0.139. The van der Waals surface area contributed by atoms with Gasteiger partial charge in [0.1, 0.15) is 18.5 Å². The number of halogens is 2. The van der Waals surface area contributed by atoms with Crippen molar-refractivity contribution < 1.29 is 23.8 Å². The van der Waals surface area contributed by atoms with Crippen molar-refractivity contribution in [3.63, 3.8) is 0 Å². The first-order valence-corrected chi connectivity index (χ1v) is 10.6. The standard InChI is InChI=1S/C25H21ClFNO4/c26-21-11-9-15(13-22(21)27)10-12-23(24(29)30)28-25(31)32-14-20-18-7-3-1-5-16(18)17-6-2-4-8-19(17)20/h1-9,11,13,20,23H,10,12,14H2,(H,28,31)(H,29,30)/t23-/m0/s1. The maximum atomic E-state index is 13.6. The fraction of sp³-hybridized carbons (Fsp3) is 0.200. The Kier molecular flexibility index (Phi) is 6.42. The summed E-state index contributed by atoms with van der Waals surface area (Å²) in [5.74, 6) is -1.87. The number of carboxylic acids is 1. The zero-order valence-electron chi connectivity index (χ0n) is 17.1. The van der Waals surface area contributed by atoms with E-state index in [1.807, 2.05) is 48.5 Å². The van der Waals surface area contributed by atoms with E-state index in [-0.39, 0.29) is 30.4 Å². The number of carboxylic acid groups (broad SMARTS) is 1. The zero-order valence-corrected chi connectivity index (χ0v) is 17.8. The molecule has 1 aliphatic rings. The summed E-state index contributed by atoms with van der Waals surface area (Å²) in [5, 5.41) is 11.9. The zero-order chi connectivity index (χ0) is 22.7. The van der Waals surface area contributed by atoms with E-state index in [1.54, 1.807) is 6.07 Å². The molecule has 0 saturated heterocycles. The monoisotopic (exact) mass is 453 g/mol. The number of hydrogen-bond donors (Lipinski definition) is 2. The molecule has 7 heteroatoms. The molecular weight excluding hydrogens is 433 g/mol. The Balaban J connectivity index is 1.38. The molecule has 164 valence electrons. The Morgan fingerprint density at radius 1 is 1.03 bits per heavy atom. The van der Waals surface area contributed by atoms with Gasteiger partial charge in [0, 0.05) is 5.92 Å². The van der Waals surface area contributed by atoms with E-state index in [0.29, 0.717) is 5.56 Å². The average molecular weight is 454 g/mol. The molecule has 0 radical (unpaired) electrons. The van der Waals surface area contributed by atoms with Crippen molar-refractivity contribution in [3.05, 3.63) is 94.3 Å².